The van der Waals surface area contributed by atoms with Crippen LogP contribution in [0.4, 0.5) is 5.69 Å². The van der Waals surface area contributed by atoms with Crippen LogP contribution in [0.3, 0.4) is 0 Å². The number of para-hydroxylation sites is 1. The summed E-state index contributed by atoms with van der Waals surface area (Å²) in [4.78, 5) is 10.3. The molecule has 1 N–H and O–H groups in total. The van der Waals surface area contributed by atoms with E-state index < -0.39 is 10.5 Å². The van der Waals surface area contributed by atoms with Gasteiger partial charge in [0.15, 0.2) is 0 Å². The fraction of sp³-hybridized carbons (Fsp3) is 0.500. The minimum Gasteiger partial charge on any atom is -0.483 e. The zero-order valence-corrected chi connectivity index (χ0v) is 11.1. The smallest absolute Gasteiger partial charge is 0.312 e. The van der Waals surface area contributed by atoms with Gasteiger partial charge in [-0.05, 0) is 18.9 Å². The molecule has 0 unspecified atom stereocenters. The molecule has 0 spiro atoms. The van der Waals surface area contributed by atoms with Crippen molar-refractivity contribution >= 4 is 17.3 Å². The molecule has 0 aliphatic heterocycles. The molecular formula is C12H16ClNO4. The van der Waals surface area contributed by atoms with Gasteiger partial charge in [-0.1, -0.05) is 31.5 Å². The van der Waals surface area contributed by atoms with Crippen LogP contribution in [0.2, 0.25) is 5.02 Å². The molecule has 0 saturated heterocycles. The Labute approximate surface area is 110 Å². The fourth-order valence-electron chi connectivity index (χ4n) is 1.44. The van der Waals surface area contributed by atoms with Gasteiger partial charge in [0.2, 0.25) is 5.75 Å². The van der Waals surface area contributed by atoms with Crippen molar-refractivity contribution in [2.75, 3.05) is 6.61 Å². The van der Waals surface area contributed by atoms with Crippen LogP contribution in [0, 0.1) is 10.1 Å². The predicted octanol–water partition coefficient (Wildman–Crippen LogP) is 3.18. The minimum atomic E-state index is -0.993. The molecule has 5 nitrogen and oxygen atoms in total. The zero-order valence-electron chi connectivity index (χ0n) is 10.4. The molecule has 1 aromatic rings. The summed E-state index contributed by atoms with van der Waals surface area (Å²) >= 11 is 5.88. The third kappa shape index (κ3) is 3.34. The quantitative estimate of drug-likeness (QED) is 0.638. The maximum Gasteiger partial charge on any atom is 0.312 e. The van der Waals surface area contributed by atoms with Gasteiger partial charge < -0.3 is 9.84 Å². The molecule has 0 aromatic heterocycles. The van der Waals surface area contributed by atoms with Crippen LogP contribution in [0.1, 0.15) is 26.7 Å². The molecule has 0 aliphatic carbocycles. The molecule has 0 atom stereocenters. The highest BCUT2D eigenvalue weighted by Gasteiger charge is 2.26. The highest BCUT2D eigenvalue weighted by atomic mass is 35.5. The van der Waals surface area contributed by atoms with Gasteiger partial charge in [0.1, 0.15) is 6.61 Å². The second kappa shape index (κ2) is 6.02. The van der Waals surface area contributed by atoms with Crippen LogP contribution in [-0.4, -0.2) is 22.2 Å². The van der Waals surface area contributed by atoms with Gasteiger partial charge in [0.25, 0.3) is 0 Å². The van der Waals surface area contributed by atoms with E-state index in [0.717, 1.165) is 0 Å². The van der Waals surface area contributed by atoms with Crippen molar-refractivity contribution in [2.45, 2.75) is 32.3 Å². The first-order valence-corrected chi connectivity index (χ1v) is 6.09. The lowest BCUT2D eigenvalue weighted by molar-refractivity contribution is -0.386. The van der Waals surface area contributed by atoms with E-state index in [1.165, 1.54) is 18.2 Å². The summed E-state index contributed by atoms with van der Waals surface area (Å²) in [5.41, 5.74) is -1.19. The van der Waals surface area contributed by atoms with Gasteiger partial charge >= 0.3 is 5.69 Å². The molecule has 0 fully saturated rings. The Morgan fingerprint density at radius 3 is 2.56 bits per heavy atom. The SMILES string of the molecule is CCC(O)(CC)COc1c(Cl)cccc1[N+](=O)[O-]. The van der Waals surface area contributed by atoms with E-state index in [-0.39, 0.29) is 23.1 Å². The van der Waals surface area contributed by atoms with E-state index in [4.69, 9.17) is 16.3 Å². The van der Waals surface area contributed by atoms with E-state index in [0.29, 0.717) is 12.8 Å². The second-order valence-corrected chi connectivity index (χ2v) is 4.47. The summed E-state index contributed by atoms with van der Waals surface area (Å²) in [7, 11) is 0. The summed E-state index contributed by atoms with van der Waals surface area (Å²) in [6.07, 6.45) is 1.00. The minimum absolute atomic E-state index is 0.00416. The molecule has 0 bridgehead atoms. The van der Waals surface area contributed by atoms with E-state index in [2.05, 4.69) is 0 Å². The van der Waals surface area contributed by atoms with E-state index in [9.17, 15) is 15.2 Å². The van der Waals surface area contributed by atoms with Gasteiger partial charge in [0.05, 0.1) is 15.5 Å². The third-order valence-electron chi connectivity index (χ3n) is 2.94. The Bertz CT molecular complexity index is 432. The molecule has 0 heterocycles. The normalized spacial score (nSPS) is 11.3. The van der Waals surface area contributed by atoms with E-state index in [1.54, 1.807) is 0 Å². The predicted molar refractivity (Wildman–Crippen MR) is 69.1 cm³/mol. The molecule has 1 rings (SSSR count). The Morgan fingerprint density at radius 2 is 2.06 bits per heavy atom. The van der Waals surface area contributed by atoms with Gasteiger partial charge in [-0.2, -0.15) is 0 Å². The highest BCUT2D eigenvalue weighted by molar-refractivity contribution is 6.32. The summed E-state index contributed by atoms with van der Waals surface area (Å²) in [6.45, 7) is 3.63. The molecule has 6 heteroatoms. The van der Waals surface area contributed by atoms with Crippen molar-refractivity contribution in [1.29, 1.82) is 0 Å². The maximum atomic E-state index is 10.8. The number of nitro groups is 1. The Morgan fingerprint density at radius 1 is 1.44 bits per heavy atom. The van der Waals surface area contributed by atoms with Crippen molar-refractivity contribution in [3.8, 4) is 5.75 Å². The topological polar surface area (TPSA) is 72.6 Å². The Hall–Kier alpha value is -1.33. The first-order valence-electron chi connectivity index (χ1n) is 5.71. The van der Waals surface area contributed by atoms with E-state index >= 15 is 0 Å². The number of ether oxygens (including phenoxy) is 1. The molecule has 1 aromatic carbocycles. The van der Waals surface area contributed by atoms with Crippen LogP contribution in [-0.2, 0) is 0 Å². The number of nitrogens with zero attached hydrogens (tertiary/aromatic N) is 1. The summed E-state index contributed by atoms with van der Waals surface area (Å²) in [5.74, 6) is 0.00416. The first-order chi connectivity index (χ1) is 8.43. The number of aliphatic hydroxyl groups is 1. The van der Waals surface area contributed by atoms with Gasteiger partial charge in [-0.3, -0.25) is 10.1 Å². The number of hydrogen-bond acceptors (Lipinski definition) is 4. The van der Waals surface area contributed by atoms with Crippen LogP contribution in [0.25, 0.3) is 0 Å². The summed E-state index contributed by atoms with van der Waals surface area (Å²) in [6, 6.07) is 4.32. The molecule has 0 saturated carbocycles. The molecule has 0 radical (unpaired) electrons. The lowest BCUT2D eigenvalue weighted by Gasteiger charge is -2.25. The molecule has 0 aliphatic rings. The van der Waals surface area contributed by atoms with Gasteiger partial charge in [-0.25, -0.2) is 0 Å². The number of hydrogen-bond donors (Lipinski definition) is 1. The molecular weight excluding hydrogens is 258 g/mol. The van der Waals surface area contributed by atoms with Crippen molar-refractivity contribution < 1.29 is 14.8 Å². The lowest BCUT2D eigenvalue weighted by Crippen LogP contribution is -2.34. The summed E-state index contributed by atoms with van der Waals surface area (Å²) < 4.78 is 5.35. The van der Waals surface area contributed by atoms with Crippen LogP contribution < -0.4 is 4.74 Å². The Kier molecular flexibility index (Phi) is 4.93. The van der Waals surface area contributed by atoms with Crippen molar-refractivity contribution in [2.24, 2.45) is 0 Å². The second-order valence-electron chi connectivity index (χ2n) is 4.07. The Balaban J connectivity index is 2.94. The van der Waals surface area contributed by atoms with Gasteiger partial charge in [-0.15, -0.1) is 0 Å². The lowest BCUT2D eigenvalue weighted by atomic mass is 9.99. The van der Waals surface area contributed by atoms with Gasteiger partial charge in [0, 0.05) is 6.07 Å². The van der Waals surface area contributed by atoms with Crippen LogP contribution >= 0.6 is 11.6 Å². The number of rotatable bonds is 6. The largest absolute Gasteiger partial charge is 0.483 e. The maximum absolute atomic E-state index is 10.8. The van der Waals surface area contributed by atoms with Crippen LogP contribution in [0.15, 0.2) is 18.2 Å². The first kappa shape index (κ1) is 14.7. The average Bonchev–Trinajstić information content (AvgIpc) is 2.36. The van der Waals surface area contributed by atoms with Crippen molar-refractivity contribution in [3.63, 3.8) is 0 Å². The average molecular weight is 274 g/mol. The number of nitro benzene ring substituents is 1. The molecule has 100 valence electrons. The molecule has 0 amide bonds. The van der Waals surface area contributed by atoms with E-state index in [1.807, 2.05) is 13.8 Å². The van der Waals surface area contributed by atoms with Crippen LogP contribution in [0.5, 0.6) is 5.75 Å². The fourth-order valence-corrected chi connectivity index (χ4v) is 1.67. The summed E-state index contributed by atoms with van der Waals surface area (Å²) in [5, 5.41) is 21.1. The monoisotopic (exact) mass is 273 g/mol. The standard InChI is InChI=1S/C12H16ClNO4/c1-3-12(15,4-2)8-18-11-9(13)6-5-7-10(11)14(16)17/h5-7,15H,3-4,8H2,1-2H3. The zero-order chi connectivity index (χ0) is 13.8. The number of halogens is 1. The van der Waals surface area contributed by atoms with Crippen molar-refractivity contribution in [1.82, 2.24) is 0 Å². The van der Waals surface area contributed by atoms with Crippen molar-refractivity contribution in [3.05, 3.63) is 33.3 Å². The number of benzene rings is 1. The molecule has 18 heavy (non-hydrogen) atoms. The highest BCUT2D eigenvalue weighted by Crippen LogP contribution is 2.35. The third-order valence-corrected chi connectivity index (χ3v) is 3.24.